The lowest BCUT2D eigenvalue weighted by atomic mass is 10.2. The van der Waals surface area contributed by atoms with E-state index in [2.05, 4.69) is 15.5 Å². The molecule has 0 unspecified atom stereocenters. The Morgan fingerprint density at radius 1 is 1.22 bits per heavy atom. The molecule has 0 aliphatic heterocycles. The van der Waals surface area contributed by atoms with Crippen molar-refractivity contribution in [1.82, 2.24) is 10.2 Å². The van der Waals surface area contributed by atoms with Gasteiger partial charge in [-0.2, -0.15) is 5.10 Å². The van der Waals surface area contributed by atoms with Crippen LogP contribution < -0.4 is 5.32 Å². The molecular formula is C16H15N3O4. The van der Waals surface area contributed by atoms with Crippen molar-refractivity contribution in [3.63, 3.8) is 0 Å². The van der Waals surface area contributed by atoms with Crippen LogP contribution >= 0.6 is 0 Å². The predicted molar refractivity (Wildman–Crippen MR) is 81.2 cm³/mol. The number of rotatable bonds is 5. The molecule has 1 heterocycles. The maximum Gasteiger partial charge on any atom is 0.412 e. The first-order valence-electron chi connectivity index (χ1n) is 7.22. The second kappa shape index (κ2) is 6.43. The van der Waals surface area contributed by atoms with Crippen molar-refractivity contribution in [3.05, 3.63) is 53.3 Å². The zero-order chi connectivity index (χ0) is 16.2. The zero-order valence-electron chi connectivity index (χ0n) is 12.2. The van der Waals surface area contributed by atoms with E-state index in [9.17, 15) is 9.59 Å². The molecule has 7 nitrogen and oxygen atoms in total. The molecule has 1 aliphatic rings. The normalized spacial score (nSPS) is 13.4. The number of aromatic nitrogens is 2. The van der Waals surface area contributed by atoms with Gasteiger partial charge in [0.05, 0.1) is 11.4 Å². The van der Waals surface area contributed by atoms with Crippen LogP contribution in [-0.2, 0) is 11.3 Å². The first kappa shape index (κ1) is 15.0. The molecule has 1 fully saturated rings. The lowest BCUT2D eigenvalue weighted by molar-refractivity contribution is 0.0689. The Hall–Kier alpha value is -2.96. The lowest BCUT2D eigenvalue weighted by Crippen LogP contribution is -2.17. The Morgan fingerprint density at radius 3 is 2.61 bits per heavy atom. The highest BCUT2D eigenvalue weighted by molar-refractivity contribution is 5.90. The summed E-state index contributed by atoms with van der Waals surface area (Å²) in [4.78, 5) is 22.9. The molecule has 1 aromatic heterocycles. The Labute approximate surface area is 132 Å². The summed E-state index contributed by atoms with van der Waals surface area (Å²) in [5.41, 5.74) is 1.60. The van der Waals surface area contributed by atoms with Crippen molar-refractivity contribution in [2.75, 3.05) is 5.32 Å². The van der Waals surface area contributed by atoms with Crippen LogP contribution in [0.15, 0.2) is 36.4 Å². The first-order chi connectivity index (χ1) is 11.1. The van der Waals surface area contributed by atoms with E-state index in [0.29, 0.717) is 11.4 Å². The van der Waals surface area contributed by atoms with Gasteiger partial charge in [-0.15, -0.1) is 5.10 Å². The summed E-state index contributed by atoms with van der Waals surface area (Å²) in [6.07, 6.45) is 1.25. The molecule has 1 amide bonds. The van der Waals surface area contributed by atoms with E-state index in [4.69, 9.17) is 9.84 Å². The Kier molecular flexibility index (Phi) is 4.18. The van der Waals surface area contributed by atoms with E-state index in [1.807, 2.05) is 30.3 Å². The third-order valence-corrected chi connectivity index (χ3v) is 3.46. The van der Waals surface area contributed by atoms with Crippen molar-refractivity contribution in [2.45, 2.75) is 25.4 Å². The van der Waals surface area contributed by atoms with Crippen LogP contribution in [0, 0.1) is 0 Å². The number of nitrogens with one attached hydrogen (secondary N) is 1. The maximum absolute atomic E-state index is 11.9. The van der Waals surface area contributed by atoms with Gasteiger partial charge in [-0.05, 0) is 24.5 Å². The minimum atomic E-state index is -1.19. The predicted octanol–water partition coefficient (Wildman–Crippen LogP) is 2.80. The highest BCUT2D eigenvalue weighted by Gasteiger charge is 2.29. The number of nitrogens with zero attached hydrogens (tertiary/aromatic N) is 2. The van der Waals surface area contributed by atoms with Gasteiger partial charge in [-0.1, -0.05) is 30.3 Å². The van der Waals surface area contributed by atoms with Crippen LogP contribution in [0.4, 0.5) is 10.5 Å². The van der Waals surface area contributed by atoms with Crippen molar-refractivity contribution < 1.29 is 19.4 Å². The van der Waals surface area contributed by atoms with Gasteiger partial charge in [0.25, 0.3) is 0 Å². The molecule has 23 heavy (non-hydrogen) atoms. The average Bonchev–Trinajstić information content (AvgIpc) is 3.38. The Bertz CT molecular complexity index is 729. The largest absolute Gasteiger partial charge is 0.476 e. The van der Waals surface area contributed by atoms with Gasteiger partial charge in [0.1, 0.15) is 6.61 Å². The standard InChI is InChI=1S/C16H15N3O4/c20-15(21)13-8-12(14(19-18-13)11-6-7-11)17-16(22)23-9-10-4-2-1-3-5-10/h1-5,8,11H,6-7,9H2,(H,20,21)(H,17,18,22). The van der Waals surface area contributed by atoms with Crippen LogP contribution in [0.2, 0.25) is 0 Å². The van der Waals surface area contributed by atoms with Crippen molar-refractivity contribution in [1.29, 1.82) is 0 Å². The zero-order valence-corrected chi connectivity index (χ0v) is 12.2. The molecule has 1 saturated carbocycles. The second-order valence-electron chi connectivity index (χ2n) is 5.29. The van der Waals surface area contributed by atoms with E-state index in [1.54, 1.807) is 0 Å². The van der Waals surface area contributed by atoms with Crippen LogP contribution in [0.25, 0.3) is 0 Å². The van der Waals surface area contributed by atoms with Crippen LogP contribution in [-0.4, -0.2) is 27.4 Å². The number of amides is 1. The van der Waals surface area contributed by atoms with Gasteiger partial charge in [0.2, 0.25) is 0 Å². The molecule has 2 aromatic rings. The third kappa shape index (κ3) is 3.82. The number of carboxylic acids is 1. The summed E-state index contributed by atoms with van der Waals surface area (Å²) in [6, 6.07) is 10.6. The highest BCUT2D eigenvalue weighted by Crippen LogP contribution is 2.42. The average molecular weight is 313 g/mol. The monoisotopic (exact) mass is 313 g/mol. The van der Waals surface area contributed by atoms with E-state index in [0.717, 1.165) is 18.4 Å². The second-order valence-corrected chi connectivity index (χ2v) is 5.29. The number of hydrogen-bond donors (Lipinski definition) is 2. The maximum atomic E-state index is 11.9. The highest BCUT2D eigenvalue weighted by atomic mass is 16.5. The number of carboxylic acid groups (broad SMARTS) is 1. The summed E-state index contributed by atoms with van der Waals surface area (Å²) >= 11 is 0. The Balaban J connectivity index is 1.69. The molecule has 0 radical (unpaired) electrons. The molecule has 2 N–H and O–H groups in total. The van der Waals surface area contributed by atoms with Gasteiger partial charge in [0, 0.05) is 5.92 Å². The smallest absolute Gasteiger partial charge is 0.412 e. The third-order valence-electron chi connectivity index (χ3n) is 3.46. The van der Waals surface area contributed by atoms with Crippen molar-refractivity contribution >= 4 is 17.7 Å². The number of hydrogen-bond acceptors (Lipinski definition) is 5. The minimum Gasteiger partial charge on any atom is -0.476 e. The van der Waals surface area contributed by atoms with Gasteiger partial charge >= 0.3 is 12.1 Å². The molecule has 1 aromatic carbocycles. The number of aromatic carboxylic acids is 1. The molecule has 3 rings (SSSR count). The summed E-state index contributed by atoms with van der Waals surface area (Å²) in [6.45, 7) is 0.135. The summed E-state index contributed by atoms with van der Waals surface area (Å²) < 4.78 is 5.14. The van der Waals surface area contributed by atoms with E-state index < -0.39 is 12.1 Å². The van der Waals surface area contributed by atoms with Gasteiger partial charge in [-0.25, -0.2) is 9.59 Å². The molecule has 0 saturated heterocycles. The van der Waals surface area contributed by atoms with Crippen LogP contribution in [0.5, 0.6) is 0 Å². The summed E-state index contributed by atoms with van der Waals surface area (Å²) in [5.74, 6) is -0.977. The molecule has 0 atom stereocenters. The fourth-order valence-corrected chi connectivity index (χ4v) is 2.13. The number of ether oxygens (including phenoxy) is 1. The van der Waals surface area contributed by atoms with Crippen LogP contribution in [0.3, 0.4) is 0 Å². The molecular weight excluding hydrogens is 298 g/mol. The summed E-state index contributed by atoms with van der Waals surface area (Å²) in [5, 5.41) is 19.2. The fraction of sp³-hybridized carbons (Fsp3) is 0.250. The number of anilines is 1. The lowest BCUT2D eigenvalue weighted by Gasteiger charge is -2.10. The number of benzene rings is 1. The van der Waals surface area contributed by atoms with E-state index in [1.165, 1.54) is 6.07 Å². The van der Waals surface area contributed by atoms with E-state index in [-0.39, 0.29) is 18.2 Å². The van der Waals surface area contributed by atoms with E-state index >= 15 is 0 Å². The van der Waals surface area contributed by atoms with Crippen LogP contribution in [0.1, 0.15) is 40.5 Å². The van der Waals surface area contributed by atoms with Gasteiger partial charge < -0.3 is 9.84 Å². The number of carbonyl (C=O) groups excluding carboxylic acids is 1. The molecule has 0 spiro atoms. The fourth-order valence-electron chi connectivity index (χ4n) is 2.13. The molecule has 0 bridgehead atoms. The van der Waals surface area contributed by atoms with Gasteiger partial charge in [-0.3, -0.25) is 5.32 Å². The quantitative estimate of drug-likeness (QED) is 0.880. The first-order valence-corrected chi connectivity index (χ1v) is 7.22. The topological polar surface area (TPSA) is 101 Å². The summed E-state index contributed by atoms with van der Waals surface area (Å²) in [7, 11) is 0. The SMILES string of the molecule is O=C(Nc1cc(C(=O)O)nnc1C1CC1)OCc1ccccc1. The van der Waals surface area contributed by atoms with Gasteiger partial charge in [0.15, 0.2) is 5.69 Å². The molecule has 7 heteroatoms. The Morgan fingerprint density at radius 2 is 1.96 bits per heavy atom. The number of carbonyl (C=O) groups is 2. The van der Waals surface area contributed by atoms with Crippen molar-refractivity contribution in [3.8, 4) is 0 Å². The molecule has 118 valence electrons. The van der Waals surface area contributed by atoms with Crippen molar-refractivity contribution in [2.24, 2.45) is 0 Å². The minimum absolute atomic E-state index is 0.135. The molecule has 1 aliphatic carbocycles.